The van der Waals surface area contributed by atoms with Crippen molar-refractivity contribution in [1.82, 2.24) is 0 Å². The average molecular weight is 835 g/mol. The summed E-state index contributed by atoms with van der Waals surface area (Å²) in [5.74, 6) is -0.892. The Labute approximate surface area is 356 Å². The molecular weight excluding hydrogens is 748 g/mol. The second-order valence-electron chi connectivity index (χ2n) is 15.7. The number of rotatable bonds is 43. The van der Waals surface area contributed by atoms with Crippen molar-refractivity contribution in [3.63, 3.8) is 0 Å². The fraction of sp³-hybridized carbons (Fsp3) is 0.755. The minimum absolute atomic E-state index is 0.204. The van der Waals surface area contributed by atoms with Crippen LogP contribution in [0.5, 0.6) is 0 Å². The van der Waals surface area contributed by atoms with Gasteiger partial charge in [0.05, 0.1) is 6.61 Å². The van der Waals surface area contributed by atoms with Crippen molar-refractivity contribution < 1.29 is 37.9 Å². The number of allylic oxidation sites excluding steroid dienone is 10. The van der Waals surface area contributed by atoms with Crippen LogP contribution >= 0.6 is 7.82 Å². The van der Waals surface area contributed by atoms with Gasteiger partial charge in [-0.3, -0.25) is 14.1 Å². The predicted molar refractivity (Wildman–Crippen MR) is 244 cm³/mol. The summed E-state index contributed by atoms with van der Waals surface area (Å²) >= 11 is 0. The van der Waals surface area contributed by atoms with Crippen molar-refractivity contribution in [3.8, 4) is 0 Å². The van der Waals surface area contributed by atoms with Gasteiger partial charge in [0.1, 0.15) is 6.61 Å². The van der Waals surface area contributed by atoms with Gasteiger partial charge in [0, 0.05) is 12.8 Å². The molecule has 0 aromatic carbocycles. The largest absolute Gasteiger partial charge is 0.469 e. The first-order valence-corrected chi connectivity index (χ1v) is 25.1. The van der Waals surface area contributed by atoms with Crippen LogP contribution in [0.2, 0.25) is 0 Å². The van der Waals surface area contributed by atoms with Crippen molar-refractivity contribution in [1.29, 1.82) is 0 Å². The van der Waals surface area contributed by atoms with Gasteiger partial charge in [-0.1, -0.05) is 190 Å². The van der Waals surface area contributed by atoms with Crippen LogP contribution in [-0.4, -0.2) is 41.0 Å². The van der Waals surface area contributed by atoms with E-state index >= 15 is 0 Å². The highest BCUT2D eigenvalue weighted by Crippen LogP contribution is 2.36. The number of ether oxygens (including phenoxy) is 2. The number of phosphoric acid groups is 1. The van der Waals surface area contributed by atoms with Gasteiger partial charge in [0.2, 0.25) is 0 Å². The number of esters is 2. The van der Waals surface area contributed by atoms with E-state index in [-0.39, 0.29) is 19.4 Å². The van der Waals surface area contributed by atoms with Gasteiger partial charge in [-0.15, -0.1) is 0 Å². The van der Waals surface area contributed by atoms with E-state index in [2.05, 4.69) is 79.1 Å². The van der Waals surface area contributed by atoms with E-state index in [1.165, 1.54) is 103 Å². The molecule has 1 unspecified atom stereocenters. The van der Waals surface area contributed by atoms with Crippen LogP contribution in [0.4, 0.5) is 0 Å². The van der Waals surface area contributed by atoms with Crippen LogP contribution in [-0.2, 0) is 28.2 Å². The summed E-state index contributed by atoms with van der Waals surface area (Å²) in [5, 5.41) is 0. The van der Waals surface area contributed by atoms with Crippen LogP contribution in [0.3, 0.4) is 0 Å². The highest BCUT2D eigenvalue weighted by atomic mass is 31.2. The molecule has 0 amide bonds. The maximum absolute atomic E-state index is 12.5. The summed E-state index contributed by atoms with van der Waals surface area (Å²) in [6.07, 6.45) is 56.6. The minimum atomic E-state index is -4.76. The minimum Gasteiger partial charge on any atom is -0.462 e. The second-order valence-corrected chi connectivity index (χ2v) is 16.9. The maximum Gasteiger partial charge on any atom is 0.469 e. The average Bonchev–Trinajstić information content (AvgIpc) is 3.20. The monoisotopic (exact) mass is 835 g/mol. The molecule has 0 aliphatic carbocycles. The standard InChI is InChI=1S/C49H87O8P/c1-3-5-7-9-11-13-15-17-19-21-22-23-24-25-26-28-30-32-34-36-38-40-42-44-49(51)57-47(46-56-58(52,53)54)45-55-48(50)43-41-39-37-35-33-31-29-27-20-18-16-14-12-10-8-6-4-2/h5,7,11,13,17-20,22-23,47H,3-4,6,8-10,12,14-16,21,24-46H2,1-2H3,(H2,52,53,54)/b7-5-,13-11-,19-17-,20-18-,23-22-. The van der Waals surface area contributed by atoms with Crippen LogP contribution in [0.1, 0.15) is 219 Å². The Morgan fingerprint density at radius 3 is 1.26 bits per heavy atom. The van der Waals surface area contributed by atoms with E-state index in [4.69, 9.17) is 19.3 Å². The Balaban J connectivity index is 3.87. The lowest BCUT2D eigenvalue weighted by Crippen LogP contribution is -2.29. The molecule has 1 atom stereocenters. The molecule has 0 aromatic rings. The molecule has 0 aliphatic heterocycles. The molecule has 0 radical (unpaired) electrons. The molecule has 8 nitrogen and oxygen atoms in total. The number of hydrogen-bond acceptors (Lipinski definition) is 6. The van der Waals surface area contributed by atoms with E-state index in [0.717, 1.165) is 83.5 Å². The quantitative estimate of drug-likeness (QED) is 0.0270. The normalized spacial score (nSPS) is 13.0. The number of carbonyl (C=O) groups excluding carboxylic acids is 2. The van der Waals surface area contributed by atoms with E-state index in [0.29, 0.717) is 6.42 Å². The zero-order valence-corrected chi connectivity index (χ0v) is 38.1. The molecule has 0 aliphatic rings. The topological polar surface area (TPSA) is 119 Å². The molecular formula is C49H87O8P. The summed E-state index contributed by atoms with van der Waals surface area (Å²) in [6, 6.07) is 0. The summed E-state index contributed by atoms with van der Waals surface area (Å²) < 4.78 is 26.5. The van der Waals surface area contributed by atoms with Crippen molar-refractivity contribution in [2.24, 2.45) is 0 Å². The van der Waals surface area contributed by atoms with Crippen molar-refractivity contribution in [2.75, 3.05) is 13.2 Å². The Morgan fingerprint density at radius 1 is 0.466 bits per heavy atom. The van der Waals surface area contributed by atoms with Crippen LogP contribution < -0.4 is 0 Å². The number of carbonyl (C=O) groups is 2. The number of unbranched alkanes of at least 4 members (excludes halogenated alkanes) is 23. The summed E-state index contributed by atoms with van der Waals surface area (Å²) in [6.45, 7) is 3.58. The first-order chi connectivity index (χ1) is 28.3. The van der Waals surface area contributed by atoms with E-state index in [1.54, 1.807) is 0 Å². The Morgan fingerprint density at radius 2 is 0.828 bits per heavy atom. The van der Waals surface area contributed by atoms with Gasteiger partial charge < -0.3 is 19.3 Å². The third-order valence-electron chi connectivity index (χ3n) is 10.0. The lowest BCUT2D eigenvalue weighted by atomic mass is 10.0. The molecule has 0 saturated carbocycles. The highest BCUT2D eigenvalue weighted by molar-refractivity contribution is 7.46. The molecule has 0 spiro atoms. The van der Waals surface area contributed by atoms with Gasteiger partial charge in [0.15, 0.2) is 6.10 Å². The van der Waals surface area contributed by atoms with Gasteiger partial charge in [-0.25, -0.2) is 4.57 Å². The smallest absolute Gasteiger partial charge is 0.462 e. The first kappa shape index (κ1) is 55.8. The molecule has 2 N–H and O–H groups in total. The van der Waals surface area contributed by atoms with Gasteiger partial charge in [-0.2, -0.15) is 0 Å². The third-order valence-corrected chi connectivity index (χ3v) is 10.5. The summed E-state index contributed by atoms with van der Waals surface area (Å²) in [5.41, 5.74) is 0. The van der Waals surface area contributed by atoms with Crippen LogP contribution in [0.15, 0.2) is 60.8 Å². The second kappa shape index (κ2) is 44.3. The Hall–Kier alpha value is -2.25. The molecule has 0 rings (SSSR count). The number of phosphoric ester groups is 1. The fourth-order valence-corrected chi connectivity index (χ4v) is 6.90. The zero-order valence-electron chi connectivity index (χ0n) is 37.2. The maximum atomic E-state index is 12.5. The van der Waals surface area contributed by atoms with Crippen molar-refractivity contribution in [3.05, 3.63) is 60.8 Å². The molecule has 0 bridgehead atoms. The number of hydrogen-bond donors (Lipinski definition) is 2. The summed E-state index contributed by atoms with van der Waals surface area (Å²) in [4.78, 5) is 43.0. The van der Waals surface area contributed by atoms with Gasteiger partial charge in [-0.05, 0) is 77.0 Å². The molecule has 58 heavy (non-hydrogen) atoms. The molecule has 336 valence electrons. The molecule has 0 aromatic heterocycles. The highest BCUT2D eigenvalue weighted by Gasteiger charge is 2.23. The Bertz CT molecular complexity index is 1120. The van der Waals surface area contributed by atoms with E-state index < -0.39 is 32.5 Å². The van der Waals surface area contributed by atoms with Gasteiger partial charge >= 0.3 is 19.8 Å². The fourth-order valence-electron chi connectivity index (χ4n) is 6.54. The van der Waals surface area contributed by atoms with E-state index in [9.17, 15) is 14.2 Å². The Kier molecular flexibility index (Phi) is 42.6. The molecule has 9 heteroatoms. The molecule has 0 saturated heterocycles. The lowest BCUT2D eigenvalue weighted by Gasteiger charge is -2.18. The predicted octanol–water partition coefficient (Wildman–Crippen LogP) is 14.9. The van der Waals surface area contributed by atoms with Crippen LogP contribution in [0, 0.1) is 0 Å². The molecule has 0 fully saturated rings. The first-order valence-electron chi connectivity index (χ1n) is 23.6. The lowest BCUT2D eigenvalue weighted by molar-refractivity contribution is -0.161. The SMILES string of the molecule is CC/C=C\C/C=C\C/C=C\C/C=C\CCCCCCCCCCCCC(=O)OC(COC(=O)CCCCCCCCC/C=C\CCCCCCCC)COP(=O)(O)O. The zero-order chi connectivity index (χ0) is 42.5. The van der Waals surface area contributed by atoms with Crippen LogP contribution in [0.25, 0.3) is 0 Å². The van der Waals surface area contributed by atoms with Gasteiger partial charge in [0.25, 0.3) is 0 Å². The van der Waals surface area contributed by atoms with E-state index in [1.807, 2.05) is 0 Å². The third kappa shape index (κ3) is 46.4. The van der Waals surface area contributed by atoms with Crippen molar-refractivity contribution in [2.45, 2.75) is 225 Å². The molecule has 0 heterocycles. The van der Waals surface area contributed by atoms with Crippen molar-refractivity contribution >= 4 is 19.8 Å². The summed E-state index contributed by atoms with van der Waals surface area (Å²) in [7, 11) is -4.76.